The molecule has 0 saturated carbocycles. The number of rotatable bonds is 4. The third-order valence-corrected chi connectivity index (χ3v) is 1.48. The molecule has 0 aromatic heterocycles. The van der Waals surface area contributed by atoms with Gasteiger partial charge in [-0.15, -0.1) is 5.17 Å². The number of benzene rings is 1. The molecule has 3 heteroatoms. The second kappa shape index (κ2) is 4.87. The molecule has 1 aromatic rings. The van der Waals surface area contributed by atoms with E-state index in [1.54, 1.807) is 0 Å². The number of nitrogens with zero attached hydrogens (tertiary/aromatic N) is 1. The van der Waals surface area contributed by atoms with Crippen LogP contribution >= 0.6 is 0 Å². The first kappa shape index (κ1) is 9.19. The van der Waals surface area contributed by atoms with Gasteiger partial charge in [-0.25, -0.2) is 5.84 Å². The molecule has 2 N–H and O–H groups in total. The van der Waals surface area contributed by atoms with Crippen LogP contribution in [0.5, 0.6) is 0 Å². The summed E-state index contributed by atoms with van der Waals surface area (Å²) in [6, 6.07) is 9.97. The number of nitrogens with two attached hydrogens (primary N) is 1. The van der Waals surface area contributed by atoms with E-state index in [-0.39, 0.29) is 0 Å². The van der Waals surface area contributed by atoms with E-state index in [0.717, 1.165) is 5.56 Å². The number of hydrogen-bond acceptors (Lipinski definition) is 3. The van der Waals surface area contributed by atoms with Gasteiger partial charge in [-0.3, -0.25) is 4.84 Å². The third kappa shape index (κ3) is 3.00. The van der Waals surface area contributed by atoms with Crippen LogP contribution in [0, 0.1) is 0 Å². The van der Waals surface area contributed by atoms with Gasteiger partial charge < -0.3 is 0 Å². The van der Waals surface area contributed by atoms with Crippen LogP contribution < -0.4 is 5.84 Å². The van der Waals surface area contributed by atoms with Crippen LogP contribution in [0.3, 0.4) is 0 Å². The second-order valence-electron chi connectivity index (χ2n) is 2.48. The molecule has 0 aliphatic carbocycles. The lowest BCUT2D eigenvalue weighted by atomic mass is 10.2. The molecule has 12 heavy (non-hydrogen) atoms. The van der Waals surface area contributed by atoms with Crippen LogP contribution in [-0.4, -0.2) is 11.8 Å². The average Bonchev–Trinajstić information content (AvgIpc) is 2.06. The molecule has 0 aliphatic heterocycles. The Morgan fingerprint density at radius 2 is 2.00 bits per heavy atom. The molecule has 0 heterocycles. The van der Waals surface area contributed by atoms with Crippen molar-refractivity contribution < 1.29 is 4.84 Å². The standard InChI is InChI=1S/C9H14N2O/c1-2-12-11(10)8-9-6-4-3-5-7-9/h3-7H,2,8,10H2,1H3. The van der Waals surface area contributed by atoms with Gasteiger partial charge in [-0.05, 0) is 12.5 Å². The van der Waals surface area contributed by atoms with Gasteiger partial charge in [0.05, 0.1) is 13.2 Å². The van der Waals surface area contributed by atoms with Crippen molar-refractivity contribution in [1.82, 2.24) is 5.17 Å². The normalized spacial score (nSPS) is 10.6. The van der Waals surface area contributed by atoms with Crippen LogP contribution in [0.1, 0.15) is 12.5 Å². The maximum atomic E-state index is 5.53. The Labute approximate surface area is 72.7 Å². The zero-order chi connectivity index (χ0) is 8.81. The van der Waals surface area contributed by atoms with Crippen LogP contribution in [0.25, 0.3) is 0 Å². The van der Waals surface area contributed by atoms with Crippen molar-refractivity contribution in [1.29, 1.82) is 0 Å². The van der Waals surface area contributed by atoms with Gasteiger partial charge in [0.15, 0.2) is 0 Å². The molecule has 3 nitrogen and oxygen atoms in total. The molecule has 0 amide bonds. The molecule has 0 spiro atoms. The van der Waals surface area contributed by atoms with Crippen molar-refractivity contribution in [2.24, 2.45) is 5.84 Å². The number of hydrazine groups is 1. The quantitative estimate of drug-likeness (QED) is 0.541. The third-order valence-electron chi connectivity index (χ3n) is 1.48. The van der Waals surface area contributed by atoms with E-state index in [4.69, 9.17) is 10.7 Å². The van der Waals surface area contributed by atoms with Crippen LogP contribution in [0.4, 0.5) is 0 Å². The molecule has 1 aromatic carbocycles. The summed E-state index contributed by atoms with van der Waals surface area (Å²) in [6.45, 7) is 3.13. The first-order valence-corrected chi connectivity index (χ1v) is 4.02. The molecule has 0 atom stereocenters. The minimum Gasteiger partial charge on any atom is -0.284 e. The highest BCUT2D eigenvalue weighted by Crippen LogP contribution is 2.00. The predicted molar refractivity (Wildman–Crippen MR) is 47.8 cm³/mol. The molecule has 66 valence electrons. The summed E-state index contributed by atoms with van der Waals surface area (Å²) in [5.41, 5.74) is 1.15. The molecule has 0 aliphatic rings. The zero-order valence-corrected chi connectivity index (χ0v) is 7.23. The lowest BCUT2D eigenvalue weighted by Gasteiger charge is -2.14. The fourth-order valence-electron chi connectivity index (χ4n) is 0.975. The number of hydroxylamine groups is 1. The summed E-state index contributed by atoms with van der Waals surface area (Å²) in [7, 11) is 0. The fraction of sp³-hybridized carbons (Fsp3) is 0.333. The minimum absolute atomic E-state index is 0.601. The highest BCUT2D eigenvalue weighted by Gasteiger charge is 1.97. The Morgan fingerprint density at radius 1 is 1.33 bits per heavy atom. The summed E-state index contributed by atoms with van der Waals surface area (Å²) < 4.78 is 0. The molecule has 0 fully saturated rings. The van der Waals surface area contributed by atoms with Gasteiger partial charge in [0.25, 0.3) is 0 Å². The van der Waals surface area contributed by atoms with Crippen molar-refractivity contribution in [3.8, 4) is 0 Å². The van der Waals surface area contributed by atoms with Crippen LogP contribution in [0.2, 0.25) is 0 Å². The van der Waals surface area contributed by atoms with Gasteiger partial charge in [0.1, 0.15) is 0 Å². The van der Waals surface area contributed by atoms with Crippen LogP contribution in [-0.2, 0) is 11.4 Å². The molecule has 1 rings (SSSR count). The van der Waals surface area contributed by atoms with Gasteiger partial charge in [0, 0.05) is 0 Å². The largest absolute Gasteiger partial charge is 0.284 e. The highest BCUT2D eigenvalue weighted by atomic mass is 16.7. The van der Waals surface area contributed by atoms with E-state index in [1.165, 1.54) is 5.17 Å². The molecule has 0 bridgehead atoms. The summed E-state index contributed by atoms with van der Waals surface area (Å²) in [6.07, 6.45) is 0. The second-order valence-corrected chi connectivity index (χ2v) is 2.48. The van der Waals surface area contributed by atoms with E-state index in [1.807, 2.05) is 37.3 Å². The molecule has 0 radical (unpaired) electrons. The summed E-state index contributed by atoms with van der Waals surface area (Å²) in [5, 5.41) is 1.34. The Kier molecular flexibility index (Phi) is 3.73. The Hall–Kier alpha value is -0.900. The van der Waals surface area contributed by atoms with Crippen molar-refractivity contribution in [2.45, 2.75) is 13.5 Å². The van der Waals surface area contributed by atoms with Gasteiger partial charge in [0.2, 0.25) is 0 Å². The molecule has 0 unspecified atom stereocenters. The first-order chi connectivity index (χ1) is 5.83. The molecular weight excluding hydrogens is 152 g/mol. The predicted octanol–water partition coefficient (Wildman–Crippen LogP) is 1.31. The van der Waals surface area contributed by atoms with Crippen molar-refractivity contribution in [2.75, 3.05) is 6.61 Å². The Balaban J connectivity index is 2.41. The van der Waals surface area contributed by atoms with Crippen molar-refractivity contribution >= 4 is 0 Å². The van der Waals surface area contributed by atoms with Crippen molar-refractivity contribution in [3.63, 3.8) is 0 Å². The lowest BCUT2D eigenvalue weighted by molar-refractivity contribution is -0.164. The summed E-state index contributed by atoms with van der Waals surface area (Å²) in [4.78, 5) is 5.06. The van der Waals surface area contributed by atoms with E-state index in [0.29, 0.717) is 13.2 Å². The van der Waals surface area contributed by atoms with Gasteiger partial charge in [-0.2, -0.15) is 0 Å². The van der Waals surface area contributed by atoms with E-state index in [9.17, 15) is 0 Å². The molecule has 0 saturated heterocycles. The maximum absolute atomic E-state index is 5.53. The maximum Gasteiger partial charge on any atom is 0.0673 e. The monoisotopic (exact) mass is 166 g/mol. The SMILES string of the molecule is CCON(N)Cc1ccccc1. The van der Waals surface area contributed by atoms with E-state index in [2.05, 4.69) is 0 Å². The Morgan fingerprint density at radius 3 is 2.58 bits per heavy atom. The van der Waals surface area contributed by atoms with Crippen molar-refractivity contribution in [3.05, 3.63) is 35.9 Å². The average molecular weight is 166 g/mol. The van der Waals surface area contributed by atoms with E-state index < -0.39 is 0 Å². The lowest BCUT2D eigenvalue weighted by Crippen LogP contribution is -2.30. The zero-order valence-electron chi connectivity index (χ0n) is 7.23. The fourth-order valence-corrected chi connectivity index (χ4v) is 0.975. The smallest absolute Gasteiger partial charge is 0.0673 e. The van der Waals surface area contributed by atoms with E-state index >= 15 is 0 Å². The Bertz CT molecular complexity index is 213. The highest BCUT2D eigenvalue weighted by molar-refractivity contribution is 5.13. The van der Waals surface area contributed by atoms with Crippen LogP contribution in [0.15, 0.2) is 30.3 Å². The topological polar surface area (TPSA) is 38.5 Å². The van der Waals surface area contributed by atoms with Gasteiger partial charge >= 0.3 is 0 Å². The first-order valence-electron chi connectivity index (χ1n) is 4.02. The number of hydrogen-bond donors (Lipinski definition) is 1. The van der Waals surface area contributed by atoms with Gasteiger partial charge in [-0.1, -0.05) is 30.3 Å². The minimum atomic E-state index is 0.601. The molecular formula is C9H14N2O. The summed E-state index contributed by atoms with van der Waals surface area (Å²) >= 11 is 0. The summed E-state index contributed by atoms with van der Waals surface area (Å²) in [5.74, 6) is 5.53.